The summed E-state index contributed by atoms with van der Waals surface area (Å²) >= 11 is 0. The van der Waals surface area contributed by atoms with Crippen LogP contribution < -0.4 is 9.80 Å². The number of carbonyl (C=O) groups is 1. The molecular weight excluding hydrogens is 244 g/mol. The third-order valence-corrected chi connectivity index (χ3v) is 3.77. The first-order valence-electron chi connectivity index (χ1n) is 6.42. The van der Waals surface area contributed by atoms with Gasteiger partial charge in [-0.3, -0.25) is 4.79 Å². The van der Waals surface area contributed by atoms with E-state index < -0.39 is 0 Å². The average molecular weight is 264 g/mol. The average Bonchev–Trinajstić information content (AvgIpc) is 2.70. The zero-order valence-electron chi connectivity index (χ0n) is 11.3. The molecule has 0 saturated heterocycles. The monoisotopic (exact) mass is 264 g/mol. The van der Waals surface area contributed by atoms with Crippen LogP contribution in [0.25, 0.3) is 0 Å². The van der Waals surface area contributed by atoms with Crippen LogP contribution in [0.15, 0.2) is 18.2 Å². The highest BCUT2D eigenvalue weighted by molar-refractivity contribution is 6.01. The Morgan fingerprint density at radius 1 is 1.42 bits per heavy atom. The minimum absolute atomic E-state index is 0.00697. The maximum Gasteiger partial charge on any atom is 0.231 e. The Hall–Kier alpha value is -1.59. The van der Waals surface area contributed by atoms with Crippen molar-refractivity contribution in [2.24, 2.45) is 0 Å². The maximum atomic E-state index is 11.6. The molecule has 0 aromatic heterocycles. The molecule has 19 heavy (non-hydrogen) atoms. The van der Waals surface area contributed by atoms with E-state index in [4.69, 9.17) is 5.11 Å². The number of rotatable bonds is 5. The summed E-state index contributed by atoms with van der Waals surface area (Å²) in [7, 11) is 3.67. The minimum atomic E-state index is -0.113. The van der Waals surface area contributed by atoms with Crippen molar-refractivity contribution in [1.82, 2.24) is 0 Å². The lowest BCUT2D eigenvalue weighted by Gasteiger charge is -2.28. The first kappa shape index (κ1) is 13.8. The van der Waals surface area contributed by atoms with Crippen LogP contribution in [0.4, 0.5) is 11.4 Å². The second-order valence-electron chi connectivity index (χ2n) is 4.90. The molecule has 1 atom stereocenters. The molecule has 5 heteroatoms. The molecule has 0 aliphatic carbocycles. The second-order valence-corrected chi connectivity index (χ2v) is 4.90. The molecule has 1 unspecified atom stereocenters. The number of amides is 1. The predicted octanol–water partition coefficient (Wildman–Crippen LogP) is 0.385. The number of carbonyl (C=O) groups excluding carboxylic acids is 1. The lowest BCUT2D eigenvalue weighted by Crippen LogP contribution is -2.35. The number of aliphatic hydroxyl groups excluding tert-OH is 2. The van der Waals surface area contributed by atoms with Crippen molar-refractivity contribution in [1.29, 1.82) is 0 Å². The van der Waals surface area contributed by atoms with Gasteiger partial charge in [0, 0.05) is 32.1 Å². The van der Waals surface area contributed by atoms with E-state index in [0.29, 0.717) is 12.8 Å². The highest BCUT2D eigenvalue weighted by Crippen LogP contribution is 2.31. The predicted molar refractivity (Wildman–Crippen MR) is 74.5 cm³/mol. The van der Waals surface area contributed by atoms with E-state index in [2.05, 4.69) is 0 Å². The Kier molecular flexibility index (Phi) is 4.07. The minimum Gasteiger partial charge on any atom is -0.396 e. The molecule has 0 fully saturated rings. The van der Waals surface area contributed by atoms with Gasteiger partial charge in [0.2, 0.25) is 5.91 Å². The van der Waals surface area contributed by atoms with Crippen molar-refractivity contribution in [3.63, 3.8) is 0 Å². The van der Waals surface area contributed by atoms with Gasteiger partial charge >= 0.3 is 0 Å². The van der Waals surface area contributed by atoms with E-state index in [9.17, 15) is 9.90 Å². The number of fused-ring (bicyclic) bond motifs is 1. The maximum absolute atomic E-state index is 11.6. The van der Waals surface area contributed by atoms with Gasteiger partial charge in [0.1, 0.15) is 0 Å². The topological polar surface area (TPSA) is 64.0 Å². The van der Waals surface area contributed by atoms with E-state index in [0.717, 1.165) is 16.9 Å². The SMILES string of the molecule is CN1C(=O)Cc2cc(N(C)C(CO)CCO)ccc21. The summed E-state index contributed by atoms with van der Waals surface area (Å²) in [5, 5.41) is 18.4. The Morgan fingerprint density at radius 2 is 2.16 bits per heavy atom. The van der Waals surface area contributed by atoms with Crippen LogP contribution in [-0.4, -0.2) is 49.5 Å². The molecule has 1 aromatic carbocycles. The summed E-state index contributed by atoms with van der Waals surface area (Å²) in [6.07, 6.45) is 0.945. The Labute approximate surface area is 113 Å². The third-order valence-electron chi connectivity index (χ3n) is 3.77. The van der Waals surface area contributed by atoms with Crippen molar-refractivity contribution in [2.45, 2.75) is 18.9 Å². The van der Waals surface area contributed by atoms with Crippen LogP contribution in [0, 0.1) is 0 Å². The molecule has 0 saturated carbocycles. The highest BCUT2D eigenvalue weighted by atomic mass is 16.3. The molecule has 2 N–H and O–H groups in total. The van der Waals surface area contributed by atoms with E-state index >= 15 is 0 Å². The summed E-state index contributed by atoms with van der Waals surface area (Å²) in [4.78, 5) is 15.3. The van der Waals surface area contributed by atoms with E-state index in [1.807, 2.05) is 30.1 Å². The second kappa shape index (κ2) is 5.59. The molecule has 1 amide bonds. The van der Waals surface area contributed by atoms with Crippen LogP contribution in [0.1, 0.15) is 12.0 Å². The van der Waals surface area contributed by atoms with Gasteiger partial charge in [-0.05, 0) is 30.2 Å². The summed E-state index contributed by atoms with van der Waals surface area (Å²) < 4.78 is 0. The molecule has 5 nitrogen and oxygen atoms in total. The number of nitrogens with zero attached hydrogens (tertiary/aromatic N) is 2. The van der Waals surface area contributed by atoms with Gasteiger partial charge < -0.3 is 20.0 Å². The molecule has 1 aromatic rings. The van der Waals surface area contributed by atoms with Gasteiger partial charge in [0.25, 0.3) is 0 Å². The van der Waals surface area contributed by atoms with Crippen molar-refractivity contribution >= 4 is 17.3 Å². The first-order valence-corrected chi connectivity index (χ1v) is 6.42. The smallest absolute Gasteiger partial charge is 0.231 e. The lowest BCUT2D eigenvalue weighted by molar-refractivity contribution is -0.117. The fraction of sp³-hybridized carbons (Fsp3) is 0.500. The normalized spacial score (nSPS) is 15.6. The molecule has 0 spiro atoms. The summed E-state index contributed by atoms with van der Waals surface area (Å²) in [5.74, 6) is 0.101. The largest absolute Gasteiger partial charge is 0.396 e. The lowest BCUT2D eigenvalue weighted by atomic mass is 10.1. The van der Waals surface area contributed by atoms with Gasteiger partial charge in [0.15, 0.2) is 0 Å². The number of anilines is 2. The van der Waals surface area contributed by atoms with Gasteiger partial charge in [0.05, 0.1) is 19.1 Å². The molecule has 1 aliphatic rings. The van der Waals surface area contributed by atoms with Crippen molar-refractivity contribution < 1.29 is 15.0 Å². The Bertz CT molecular complexity index is 476. The van der Waals surface area contributed by atoms with Gasteiger partial charge in [-0.25, -0.2) is 0 Å². The quantitative estimate of drug-likeness (QED) is 0.807. The van der Waals surface area contributed by atoms with Crippen LogP contribution in [-0.2, 0) is 11.2 Å². The number of hydrogen-bond donors (Lipinski definition) is 2. The molecule has 0 radical (unpaired) electrons. The standard InChI is InChI=1S/C14H20N2O3/c1-15(12(9-18)5-6-17)11-3-4-13-10(7-11)8-14(19)16(13)2/h3-4,7,12,17-18H,5-6,8-9H2,1-2H3. The zero-order valence-corrected chi connectivity index (χ0v) is 11.3. The van der Waals surface area contributed by atoms with Crippen LogP contribution in [0.2, 0.25) is 0 Å². The Balaban J connectivity index is 2.23. The Morgan fingerprint density at radius 3 is 2.79 bits per heavy atom. The fourth-order valence-electron chi connectivity index (χ4n) is 2.44. The highest BCUT2D eigenvalue weighted by Gasteiger charge is 2.25. The van der Waals surface area contributed by atoms with Crippen LogP contribution in [0.3, 0.4) is 0 Å². The van der Waals surface area contributed by atoms with E-state index in [1.165, 1.54) is 0 Å². The number of aliphatic hydroxyl groups is 2. The number of benzene rings is 1. The van der Waals surface area contributed by atoms with Crippen molar-refractivity contribution in [2.75, 3.05) is 37.1 Å². The molecule has 0 bridgehead atoms. The van der Waals surface area contributed by atoms with Gasteiger partial charge in [-0.1, -0.05) is 0 Å². The number of likely N-dealkylation sites (N-methyl/N-ethyl adjacent to an activating group) is 2. The van der Waals surface area contributed by atoms with Crippen LogP contribution in [0.5, 0.6) is 0 Å². The molecule has 2 rings (SSSR count). The van der Waals surface area contributed by atoms with E-state index in [1.54, 1.807) is 11.9 Å². The first-order chi connectivity index (χ1) is 9.08. The van der Waals surface area contributed by atoms with Crippen molar-refractivity contribution in [3.05, 3.63) is 23.8 Å². The molecular formula is C14H20N2O3. The van der Waals surface area contributed by atoms with Crippen LogP contribution >= 0.6 is 0 Å². The van der Waals surface area contributed by atoms with E-state index in [-0.39, 0.29) is 25.2 Å². The molecule has 1 heterocycles. The van der Waals surface area contributed by atoms with Crippen molar-refractivity contribution in [3.8, 4) is 0 Å². The zero-order chi connectivity index (χ0) is 14.0. The fourth-order valence-corrected chi connectivity index (χ4v) is 2.44. The number of hydrogen-bond acceptors (Lipinski definition) is 4. The third kappa shape index (κ3) is 2.57. The van der Waals surface area contributed by atoms with Gasteiger partial charge in [-0.2, -0.15) is 0 Å². The summed E-state index contributed by atoms with van der Waals surface area (Å²) in [6.45, 7) is 0.0364. The molecule has 1 aliphatic heterocycles. The van der Waals surface area contributed by atoms with Gasteiger partial charge in [-0.15, -0.1) is 0 Å². The summed E-state index contributed by atoms with van der Waals surface area (Å²) in [6, 6.07) is 5.74. The summed E-state index contributed by atoms with van der Waals surface area (Å²) in [5.41, 5.74) is 2.91. The molecule has 104 valence electrons.